The largest absolute Gasteiger partial charge is 0.362 e. The molecule has 1 aliphatic rings. The molecule has 1 aliphatic heterocycles. The highest BCUT2D eigenvalue weighted by molar-refractivity contribution is 5.33. The molecule has 1 aromatic carbocycles. The quantitative estimate of drug-likeness (QED) is 0.805. The first-order chi connectivity index (χ1) is 7.82. The second-order valence-electron chi connectivity index (χ2n) is 6.00. The topological polar surface area (TPSA) is 21.3 Å². The van der Waals surface area contributed by atoms with Gasteiger partial charge in [0.2, 0.25) is 0 Å². The van der Waals surface area contributed by atoms with Crippen LogP contribution < -0.4 is 5.32 Å². The lowest BCUT2D eigenvalue weighted by molar-refractivity contribution is -0.157. The van der Waals surface area contributed by atoms with Gasteiger partial charge in [0.15, 0.2) is 0 Å². The summed E-state index contributed by atoms with van der Waals surface area (Å²) in [5.41, 5.74) is 3.60. The van der Waals surface area contributed by atoms with Crippen molar-refractivity contribution in [1.29, 1.82) is 0 Å². The number of aryl methyl sites for hydroxylation is 2. The molecule has 1 saturated heterocycles. The van der Waals surface area contributed by atoms with Crippen molar-refractivity contribution < 1.29 is 4.74 Å². The summed E-state index contributed by atoms with van der Waals surface area (Å²) in [6, 6.07) is 6.62. The highest BCUT2D eigenvalue weighted by atomic mass is 16.5. The molecule has 0 saturated carbocycles. The van der Waals surface area contributed by atoms with Crippen LogP contribution in [0.25, 0.3) is 0 Å². The minimum Gasteiger partial charge on any atom is -0.362 e. The van der Waals surface area contributed by atoms with E-state index in [9.17, 15) is 0 Å². The van der Waals surface area contributed by atoms with Crippen molar-refractivity contribution in [2.24, 2.45) is 0 Å². The van der Waals surface area contributed by atoms with Crippen molar-refractivity contribution in [3.63, 3.8) is 0 Å². The predicted molar refractivity (Wildman–Crippen MR) is 71.3 cm³/mol. The summed E-state index contributed by atoms with van der Waals surface area (Å²) < 4.78 is 6.28. The number of hydrogen-bond acceptors (Lipinski definition) is 2. The zero-order valence-corrected chi connectivity index (χ0v) is 11.6. The SMILES string of the molecule is Cc1ccc(C2(C)CNCC(C)(C)O2)cc1C. The van der Waals surface area contributed by atoms with E-state index >= 15 is 0 Å². The van der Waals surface area contributed by atoms with Gasteiger partial charge >= 0.3 is 0 Å². The van der Waals surface area contributed by atoms with Crippen LogP contribution in [-0.2, 0) is 10.3 Å². The summed E-state index contributed by atoms with van der Waals surface area (Å²) in [5.74, 6) is 0. The van der Waals surface area contributed by atoms with Gasteiger partial charge in [0, 0.05) is 13.1 Å². The molecule has 1 N–H and O–H groups in total. The molecule has 1 heterocycles. The van der Waals surface area contributed by atoms with E-state index in [1.54, 1.807) is 0 Å². The minimum absolute atomic E-state index is 0.105. The summed E-state index contributed by atoms with van der Waals surface area (Å²) >= 11 is 0. The van der Waals surface area contributed by atoms with Gasteiger partial charge in [-0.2, -0.15) is 0 Å². The van der Waals surface area contributed by atoms with E-state index < -0.39 is 0 Å². The van der Waals surface area contributed by atoms with Gasteiger partial charge in [-0.25, -0.2) is 0 Å². The van der Waals surface area contributed by atoms with Crippen molar-refractivity contribution in [2.45, 2.75) is 45.8 Å². The third-order valence-corrected chi connectivity index (χ3v) is 3.63. The summed E-state index contributed by atoms with van der Waals surface area (Å²) in [6.07, 6.45) is 0. The maximum atomic E-state index is 6.28. The Kier molecular flexibility index (Phi) is 3.04. The third kappa shape index (κ3) is 2.53. The molecule has 1 aromatic rings. The Morgan fingerprint density at radius 2 is 1.76 bits per heavy atom. The monoisotopic (exact) mass is 233 g/mol. The predicted octanol–water partition coefficient (Wildman–Crippen LogP) is 2.92. The van der Waals surface area contributed by atoms with E-state index in [2.05, 4.69) is 58.1 Å². The Labute approximate surface area is 104 Å². The van der Waals surface area contributed by atoms with Crippen LogP contribution in [0.3, 0.4) is 0 Å². The molecular weight excluding hydrogens is 210 g/mol. The number of morpholine rings is 1. The van der Waals surface area contributed by atoms with Crippen LogP contribution >= 0.6 is 0 Å². The van der Waals surface area contributed by atoms with E-state index in [0.29, 0.717) is 0 Å². The molecule has 0 spiro atoms. The van der Waals surface area contributed by atoms with Crippen molar-refractivity contribution in [1.82, 2.24) is 5.32 Å². The number of benzene rings is 1. The van der Waals surface area contributed by atoms with Gasteiger partial charge in [-0.05, 0) is 51.3 Å². The molecule has 1 atom stereocenters. The molecule has 0 radical (unpaired) electrons. The lowest BCUT2D eigenvalue weighted by Crippen LogP contribution is -2.55. The van der Waals surface area contributed by atoms with Crippen LogP contribution in [0.4, 0.5) is 0 Å². The molecule has 1 unspecified atom stereocenters. The highest BCUT2D eigenvalue weighted by Gasteiger charge is 2.38. The maximum Gasteiger partial charge on any atom is 0.103 e. The van der Waals surface area contributed by atoms with Crippen LogP contribution in [0.2, 0.25) is 0 Å². The van der Waals surface area contributed by atoms with E-state index in [1.165, 1.54) is 16.7 Å². The van der Waals surface area contributed by atoms with Gasteiger partial charge in [0.05, 0.1) is 5.60 Å². The van der Waals surface area contributed by atoms with E-state index in [-0.39, 0.29) is 11.2 Å². The average molecular weight is 233 g/mol. The second kappa shape index (κ2) is 4.11. The van der Waals surface area contributed by atoms with E-state index in [4.69, 9.17) is 4.74 Å². The molecule has 2 heteroatoms. The van der Waals surface area contributed by atoms with Gasteiger partial charge < -0.3 is 10.1 Å². The third-order valence-electron chi connectivity index (χ3n) is 3.63. The van der Waals surface area contributed by atoms with Gasteiger partial charge in [0.1, 0.15) is 5.60 Å². The van der Waals surface area contributed by atoms with Crippen LogP contribution in [0.15, 0.2) is 18.2 Å². The summed E-state index contributed by atoms with van der Waals surface area (Å²) in [6.45, 7) is 12.5. The number of rotatable bonds is 1. The first-order valence-electron chi connectivity index (χ1n) is 6.31. The zero-order valence-electron chi connectivity index (χ0n) is 11.6. The van der Waals surface area contributed by atoms with E-state index in [1.807, 2.05) is 0 Å². The Balaban J connectivity index is 2.34. The normalized spacial score (nSPS) is 28.1. The van der Waals surface area contributed by atoms with Gasteiger partial charge in [-0.1, -0.05) is 18.2 Å². The summed E-state index contributed by atoms with van der Waals surface area (Å²) in [5, 5.41) is 3.47. The Morgan fingerprint density at radius 3 is 2.35 bits per heavy atom. The molecule has 1 fully saturated rings. The van der Waals surface area contributed by atoms with Gasteiger partial charge in [-0.15, -0.1) is 0 Å². The molecule has 0 aromatic heterocycles. The smallest absolute Gasteiger partial charge is 0.103 e. The Hall–Kier alpha value is -0.860. The van der Waals surface area contributed by atoms with Crippen molar-refractivity contribution in [3.8, 4) is 0 Å². The standard InChI is InChI=1S/C15H23NO/c1-11-6-7-13(8-12(11)2)15(5)10-16-9-14(3,4)17-15/h6-8,16H,9-10H2,1-5H3. The first-order valence-corrected chi connectivity index (χ1v) is 6.31. The van der Waals surface area contributed by atoms with E-state index in [0.717, 1.165) is 13.1 Å². The Bertz CT molecular complexity index is 425. The fourth-order valence-electron chi connectivity index (χ4n) is 2.52. The first kappa shape index (κ1) is 12.6. The highest BCUT2D eigenvalue weighted by Crippen LogP contribution is 2.33. The van der Waals surface area contributed by atoms with Crippen molar-refractivity contribution in [3.05, 3.63) is 34.9 Å². The average Bonchev–Trinajstić information content (AvgIpc) is 2.20. The molecule has 2 nitrogen and oxygen atoms in total. The van der Waals surface area contributed by atoms with Gasteiger partial charge in [0.25, 0.3) is 0 Å². The zero-order chi connectivity index (χ0) is 12.7. The fourth-order valence-corrected chi connectivity index (χ4v) is 2.52. The van der Waals surface area contributed by atoms with Crippen LogP contribution in [0.5, 0.6) is 0 Å². The van der Waals surface area contributed by atoms with Crippen LogP contribution in [0, 0.1) is 13.8 Å². The molecular formula is C15H23NO. The number of ether oxygens (including phenoxy) is 1. The van der Waals surface area contributed by atoms with Crippen LogP contribution in [0.1, 0.15) is 37.5 Å². The Morgan fingerprint density at radius 1 is 1.06 bits per heavy atom. The lowest BCUT2D eigenvalue weighted by atomic mass is 9.89. The molecule has 0 bridgehead atoms. The maximum absolute atomic E-state index is 6.28. The van der Waals surface area contributed by atoms with Gasteiger partial charge in [-0.3, -0.25) is 0 Å². The minimum atomic E-state index is -0.222. The second-order valence-corrected chi connectivity index (χ2v) is 6.00. The van der Waals surface area contributed by atoms with Crippen molar-refractivity contribution >= 4 is 0 Å². The molecule has 0 aliphatic carbocycles. The number of nitrogens with one attached hydrogen (secondary N) is 1. The molecule has 17 heavy (non-hydrogen) atoms. The van der Waals surface area contributed by atoms with Crippen molar-refractivity contribution in [2.75, 3.05) is 13.1 Å². The summed E-state index contributed by atoms with van der Waals surface area (Å²) in [7, 11) is 0. The number of hydrogen-bond donors (Lipinski definition) is 1. The summed E-state index contributed by atoms with van der Waals surface area (Å²) in [4.78, 5) is 0. The molecule has 0 amide bonds. The fraction of sp³-hybridized carbons (Fsp3) is 0.600. The lowest BCUT2D eigenvalue weighted by Gasteiger charge is -2.44. The molecule has 94 valence electrons. The van der Waals surface area contributed by atoms with Crippen LogP contribution in [-0.4, -0.2) is 18.7 Å². The molecule has 2 rings (SSSR count).